The van der Waals surface area contributed by atoms with Crippen molar-refractivity contribution in [1.82, 2.24) is 0 Å². The molecule has 0 saturated carbocycles. The van der Waals surface area contributed by atoms with Gasteiger partial charge in [0.15, 0.2) is 5.78 Å². The molecule has 1 aliphatic rings. The van der Waals surface area contributed by atoms with Crippen molar-refractivity contribution in [2.24, 2.45) is 0 Å². The number of ether oxygens (including phenoxy) is 1. The summed E-state index contributed by atoms with van der Waals surface area (Å²) >= 11 is 0. The van der Waals surface area contributed by atoms with Crippen LogP contribution >= 0.6 is 0 Å². The molecule has 130 valence electrons. The number of carbonyl (C=O) groups excluding carboxylic acids is 1. The lowest BCUT2D eigenvalue weighted by Gasteiger charge is -2.15. The third-order valence-corrected chi connectivity index (χ3v) is 4.17. The van der Waals surface area contributed by atoms with Gasteiger partial charge in [0.25, 0.3) is 0 Å². The summed E-state index contributed by atoms with van der Waals surface area (Å²) < 4.78 is 40.2. The smallest absolute Gasteiger partial charge is 0.406 e. The summed E-state index contributed by atoms with van der Waals surface area (Å²) in [6.07, 6.45) is 2.71. The lowest BCUT2D eigenvalue weighted by Crippen LogP contribution is -2.16. The van der Waals surface area contributed by atoms with Crippen molar-refractivity contribution < 1.29 is 22.7 Å². The van der Waals surface area contributed by atoms with E-state index in [1.807, 2.05) is 18.2 Å². The van der Waals surface area contributed by atoms with Crippen molar-refractivity contribution in [2.75, 3.05) is 0 Å². The third kappa shape index (κ3) is 4.72. The average Bonchev–Trinajstić information content (AvgIpc) is 2.59. The van der Waals surface area contributed by atoms with Gasteiger partial charge < -0.3 is 4.74 Å². The molecule has 5 heteroatoms. The van der Waals surface area contributed by atoms with Crippen LogP contribution in [0.2, 0.25) is 0 Å². The molecule has 0 aliphatic heterocycles. The van der Waals surface area contributed by atoms with Crippen LogP contribution in [0.4, 0.5) is 13.2 Å². The molecule has 0 N–H and O–H groups in total. The lowest BCUT2D eigenvalue weighted by atomic mass is 9.90. The highest BCUT2D eigenvalue weighted by molar-refractivity contribution is 6.07. The fourth-order valence-corrected chi connectivity index (χ4v) is 2.94. The molecule has 0 bridgehead atoms. The van der Waals surface area contributed by atoms with Crippen LogP contribution in [0.1, 0.15) is 39.9 Å². The van der Waals surface area contributed by atoms with E-state index in [4.69, 9.17) is 0 Å². The van der Waals surface area contributed by atoms with Gasteiger partial charge in [-0.25, -0.2) is 0 Å². The number of fused-ring (bicyclic) bond motifs is 1. The van der Waals surface area contributed by atoms with E-state index in [0.29, 0.717) is 11.1 Å². The van der Waals surface area contributed by atoms with Crippen molar-refractivity contribution in [3.8, 4) is 5.75 Å². The van der Waals surface area contributed by atoms with Crippen LogP contribution in [0.15, 0.2) is 48.5 Å². The summed E-state index contributed by atoms with van der Waals surface area (Å²) in [7, 11) is 0. The Morgan fingerprint density at radius 2 is 1.64 bits per heavy atom. The van der Waals surface area contributed by atoms with E-state index >= 15 is 0 Å². The number of alkyl halides is 3. The molecule has 0 heterocycles. The Morgan fingerprint density at radius 3 is 2.32 bits per heavy atom. The van der Waals surface area contributed by atoms with E-state index < -0.39 is 6.36 Å². The number of carbonyl (C=O) groups is 1. The minimum absolute atomic E-state index is 0.121. The van der Waals surface area contributed by atoms with E-state index in [1.165, 1.54) is 47.9 Å². The molecule has 0 aromatic heterocycles. The summed E-state index contributed by atoms with van der Waals surface area (Å²) in [6, 6.07) is 11.2. The Bertz CT molecular complexity index is 790. The molecule has 0 atom stereocenters. The molecule has 0 saturated heterocycles. The van der Waals surface area contributed by atoms with Crippen LogP contribution in [-0.4, -0.2) is 12.1 Å². The maximum atomic E-state index is 12.3. The third-order valence-electron chi connectivity index (χ3n) is 4.17. The second-order valence-electron chi connectivity index (χ2n) is 6.01. The maximum Gasteiger partial charge on any atom is 0.573 e. The highest BCUT2D eigenvalue weighted by atomic mass is 19.4. The van der Waals surface area contributed by atoms with Crippen molar-refractivity contribution in [1.29, 1.82) is 0 Å². The molecule has 1 aliphatic carbocycles. The zero-order valence-electron chi connectivity index (χ0n) is 13.5. The minimum Gasteiger partial charge on any atom is -0.406 e. The summed E-state index contributed by atoms with van der Waals surface area (Å²) in [4.78, 5) is 12.3. The van der Waals surface area contributed by atoms with Gasteiger partial charge in [0, 0.05) is 5.56 Å². The SMILES string of the molecule is O=C(/C=C/c1ccc(OC(F)(F)F)cc1)c1ccc2c(c1)CCCC2. The Kier molecular flexibility index (Phi) is 4.93. The van der Waals surface area contributed by atoms with Gasteiger partial charge in [-0.1, -0.05) is 30.3 Å². The molecule has 0 spiro atoms. The molecule has 3 rings (SSSR count). The molecule has 2 aromatic carbocycles. The van der Waals surface area contributed by atoms with Crippen LogP contribution in [0, 0.1) is 0 Å². The average molecular weight is 346 g/mol. The number of hydrogen-bond donors (Lipinski definition) is 0. The second-order valence-corrected chi connectivity index (χ2v) is 6.01. The fraction of sp³-hybridized carbons (Fsp3) is 0.250. The number of benzene rings is 2. The van der Waals surface area contributed by atoms with Crippen LogP contribution in [0.3, 0.4) is 0 Å². The van der Waals surface area contributed by atoms with Gasteiger partial charge in [0.2, 0.25) is 0 Å². The standard InChI is InChI=1S/C20H17F3O2/c21-20(22,23)25-18-10-5-14(6-11-18)7-12-19(24)17-9-8-15-3-1-2-4-16(15)13-17/h5-13H,1-4H2/b12-7+. The molecule has 2 nitrogen and oxygen atoms in total. The van der Waals surface area contributed by atoms with Gasteiger partial charge in [-0.2, -0.15) is 0 Å². The van der Waals surface area contributed by atoms with Crippen LogP contribution < -0.4 is 4.74 Å². The number of halogens is 3. The van der Waals surface area contributed by atoms with Crippen molar-refractivity contribution in [3.63, 3.8) is 0 Å². The Balaban J connectivity index is 1.68. The number of aryl methyl sites for hydroxylation is 2. The summed E-state index contributed by atoms with van der Waals surface area (Å²) in [5, 5.41) is 0. The molecule has 0 unspecified atom stereocenters. The summed E-state index contributed by atoms with van der Waals surface area (Å²) in [5.74, 6) is -0.408. The molecule has 0 fully saturated rings. The molecular formula is C20H17F3O2. The first-order valence-electron chi connectivity index (χ1n) is 8.11. The van der Waals surface area contributed by atoms with Gasteiger partial charge in [0.05, 0.1) is 0 Å². The van der Waals surface area contributed by atoms with Crippen LogP contribution in [0.5, 0.6) is 5.75 Å². The second kappa shape index (κ2) is 7.13. The highest BCUT2D eigenvalue weighted by Gasteiger charge is 2.30. The van der Waals surface area contributed by atoms with E-state index in [1.54, 1.807) is 6.08 Å². The maximum absolute atomic E-state index is 12.3. The van der Waals surface area contributed by atoms with E-state index in [2.05, 4.69) is 4.74 Å². The van der Waals surface area contributed by atoms with Gasteiger partial charge in [-0.05, 0) is 66.6 Å². The lowest BCUT2D eigenvalue weighted by molar-refractivity contribution is -0.274. The molecular weight excluding hydrogens is 329 g/mol. The minimum atomic E-state index is -4.71. The Morgan fingerprint density at radius 1 is 0.960 bits per heavy atom. The van der Waals surface area contributed by atoms with Crippen molar-refractivity contribution in [3.05, 3.63) is 70.8 Å². The first kappa shape index (κ1) is 17.3. The van der Waals surface area contributed by atoms with Crippen molar-refractivity contribution >= 4 is 11.9 Å². The quantitative estimate of drug-likeness (QED) is 0.550. The normalized spacial score (nSPS) is 14.4. The number of rotatable bonds is 4. The summed E-state index contributed by atoms with van der Waals surface area (Å²) in [5.41, 5.74) is 3.81. The van der Waals surface area contributed by atoms with Gasteiger partial charge in [-0.15, -0.1) is 13.2 Å². The number of ketones is 1. The molecule has 0 amide bonds. The first-order valence-corrected chi connectivity index (χ1v) is 8.11. The zero-order chi connectivity index (χ0) is 17.9. The van der Waals surface area contributed by atoms with E-state index in [-0.39, 0.29) is 11.5 Å². The zero-order valence-corrected chi connectivity index (χ0v) is 13.5. The topological polar surface area (TPSA) is 26.3 Å². The highest BCUT2D eigenvalue weighted by Crippen LogP contribution is 2.24. The number of allylic oxidation sites excluding steroid dienone is 1. The fourth-order valence-electron chi connectivity index (χ4n) is 2.94. The molecule has 25 heavy (non-hydrogen) atoms. The monoisotopic (exact) mass is 346 g/mol. The predicted octanol–water partition coefficient (Wildman–Crippen LogP) is 5.36. The largest absolute Gasteiger partial charge is 0.573 e. The van der Waals surface area contributed by atoms with Crippen LogP contribution in [0.25, 0.3) is 6.08 Å². The van der Waals surface area contributed by atoms with Gasteiger partial charge >= 0.3 is 6.36 Å². The molecule has 2 aromatic rings. The van der Waals surface area contributed by atoms with Crippen LogP contribution in [-0.2, 0) is 12.8 Å². The van der Waals surface area contributed by atoms with Gasteiger partial charge in [0.1, 0.15) is 5.75 Å². The van der Waals surface area contributed by atoms with Crippen molar-refractivity contribution in [2.45, 2.75) is 32.0 Å². The van der Waals surface area contributed by atoms with E-state index in [9.17, 15) is 18.0 Å². The van der Waals surface area contributed by atoms with E-state index in [0.717, 1.165) is 19.3 Å². The predicted molar refractivity (Wildman–Crippen MR) is 89.6 cm³/mol. The summed E-state index contributed by atoms with van der Waals surface area (Å²) in [6.45, 7) is 0. The number of hydrogen-bond acceptors (Lipinski definition) is 2. The molecule has 0 radical (unpaired) electrons. The Hall–Kier alpha value is -2.56. The van der Waals surface area contributed by atoms with Gasteiger partial charge in [-0.3, -0.25) is 4.79 Å². The Labute approximate surface area is 143 Å². The first-order chi connectivity index (χ1) is 11.9.